The normalized spacial score (nSPS) is 48.5. The van der Waals surface area contributed by atoms with Crippen LogP contribution in [0.3, 0.4) is 0 Å². The molecule has 2 nitrogen and oxygen atoms in total. The molecule has 0 aromatic carbocycles. The minimum atomic E-state index is -0.782. The molecule has 0 saturated heterocycles. The van der Waals surface area contributed by atoms with Crippen molar-refractivity contribution in [3.05, 3.63) is 11.6 Å². The molecule has 4 aliphatic carbocycles. The van der Waals surface area contributed by atoms with Crippen molar-refractivity contribution in [3.8, 4) is 11.8 Å². The van der Waals surface area contributed by atoms with Gasteiger partial charge < -0.3 is 5.11 Å². The van der Waals surface area contributed by atoms with Crippen molar-refractivity contribution in [1.82, 2.24) is 0 Å². The van der Waals surface area contributed by atoms with Gasteiger partial charge in [-0.3, -0.25) is 4.79 Å². The number of carbonyl (C=O) groups is 1. The van der Waals surface area contributed by atoms with E-state index in [1.165, 1.54) is 18.4 Å². The topological polar surface area (TPSA) is 37.3 Å². The number of hydrogen-bond acceptors (Lipinski definition) is 2. The number of hydrogen-bond donors (Lipinski definition) is 1. The molecule has 5 unspecified atom stereocenters. The van der Waals surface area contributed by atoms with Gasteiger partial charge in [0.2, 0.25) is 0 Å². The van der Waals surface area contributed by atoms with E-state index >= 15 is 0 Å². The lowest BCUT2D eigenvalue weighted by molar-refractivity contribution is -0.116. The zero-order valence-corrected chi connectivity index (χ0v) is 14.4. The maximum atomic E-state index is 11.7. The van der Waals surface area contributed by atoms with E-state index < -0.39 is 5.60 Å². The average molecular weight is 312 g/mol. The van der Waals surface area contributed by atoms with Crippen LogP contribution in [0.1, 0.15) is 65.2 Å². The molecule has 0 heterocycles. The molecule has 124 valence electrons. The standard InChI is InChI=1S/C21H28O2/c1-3-10-21(23)12-9-19-18-6-4-14-13-15(22)5-7-16(14)17(18)8-11-20(19,21)2/h13,16-19,23H,4-9,11-12H2,1-2H3/t16?,17?,18?,19?,20?,21-/m0/s1. The van der Waals surface area contributed by atoms with Gasteiger partial charge >= 0.3 is 0 Å². The molecule has 0 spiro atoms. The maximum Gasteiger partial charge on any atom is 0.155 e. The molecule has 0 bridgehead atoms. The quantitative estimate of drug-likeness (QED) is 0.689. The molecule has 6 atom stereocenters. The Morgan fingerprint density at radius 3 is 2.74 bits per heavy atom. The summed E-state index contributed by atoms with van der Waals surface area (Å²) in [6, 6.07) is 0. The molecule has 0 aromatic heterocycles. The van der Waals surface area contributed by atoms with Crippen LogP contribution in [0.5, 0.6) is 0 Å². The highest BCUT2D eigenvalue weighted by molar-refractivity contribution is 5.91. The number of rotatable bonds is 0. The Bertz CT molecular complexity index is 621. The molecule has 1 N–H and O–H groups in total. The van der Waals surface area contributed by atoms with E-state index in [9.17, 15) is 9.90 Å². The first-order valence-electron chi connectivity index (χ1n) is 9.38. The zero-order valence-electron chi connectivity index (χ0n) is 14.4. The predicted molar refractivity (Wildman–Crippen MR) is 90.5 cm³/mol. The predicted octanol–water partition coefficient (Wildman–Crippen LogP) is 3.88. The van der Waals surface area contributed by atoms with Crippen molar-refractivity contribution < 1.29 is 9.90 Å². The van der Waals surface area contributed by atoms with Gasteiger partial charge in [-0.25, -0.2) is 0 Å². The molecule has 3 saturated carbocycles. The van der Waals surface area contributed by atoms with Crippen LogP contribution in [0.25, 0.3) is 0 Å². The molecule has 23 heavy (non-hydrogen) atoms. The van der Waals surface area contributed by atoms with Gasteiger partial charge in [-0.15, -0.1) is 5.92 Å². The van der Waals surface area contributed by atoms with Crippen LogP contribution in [0.4, 0.5) is 0 Å². The van der Waals surface area contributed by atoms with Gasteiger partial charge in [0, 0.05) is 11.8 Å². The molecule has 0 aromatic rings. The summed E-state index contributed by atoms with van der Waals surface area (Å²) < 4.78 is 0. The van der Waals surface area contributed by atoms with Gasteiger partial charge in [0.15, 0.2) is 5.78 Å². The Labute approximate surface area is 139 Å². The van der Waals surface area contributed by atoms with Crippen LogP contribution in [-0.2, 0) is 4.79 Å². The Hall–Kier alpha value is -1.07. The van der Waals surface area contributed by atoms with Gasteiger partial charge in [0.1, 0.15) is 5.60 Å². The van der Waals surface area contributed by atoms with Crippen LogP contribution >= 0.6 is 0 Å². The summed E-state index contributed by atoms with van der Waals surface area (Å²) in [6.45, 7) is 4.14. The van der Waals surface area contributed by atoms with Gasteiger partial charge in [-0.1, -0.05) is 18.4 Å². The number of carbonyl (C=O) groups excluding carboxylic acids is 1. The van der Waals surface area contributed by atoms with Gasteiger partial charge in [-0.2, -0.15) is 0 Å². The number of ketones is 1. The molecule has 4 aliphatic rings. The Balaban J connectivity index is 1.65. The van der Waals surface area contributed by atoms with Crippen molar-refractivity contribution in [2.75, 3.05) is 0 Å². The second-order valence-corrected chi connectivity index (χ2v) is 8.53. The van der Waals surface area contributed by atoms with E-state index in [2.05, 4.69) is 18.8 Å². The fourth-order valence-corrected chi connectivity index (χ4v) is 6.61. The third kappa shape index (κ3) is 2.09. The second-order valence-electron chi connectivity index (χ2n) is 8.53. The van der Waals surface area contributed by atoms with Crippen LogP contribution < -0.4 is 0 Å². The van der Waals surface area contributed by atoms with Crippen LogP contribution in [0.15, 0.2) is 11.6 Å². The van der Waals surface area contributed by atoms with Crippen molar-refractivity contribution in [3.63, 3.8) is 0 Å². The van der Waals surface area contributed by atoms with E-state index in [0.29, 0.717) is 17.6 Å². The lowest BCUT2D eigenvalue weighted by atomic mass is 9.50. The zero-order chi connectivity index (χ0) is 16.2. The minimum Gasteiger partial charge on any atom is -0.377 e. The summed E-state index contributed by atoms with van der Waals surface area (Å²) >= 11 is 0. The Kier molecular flexibility index (Phi) is 3.50. The largest absolute Gasteiger partial charge is 0.377 e. The fraction of sp³-hybridized carbons (Fsp3) is 0.762. The van der Waals surface area contributed by atoms with Crippen molar-refractivity contribution in [1.29, 1.82) is 0 Å². The highest BCUT2D eigenvalue weighted by Gasteiger charge is 2.61. The molecule has 4 rings (SSSR count). The first kappa shape index (κ1) is 15.5. The molecule has 0 radical (unpaired) electrons. The van der Waals surface area contributed by atoms with E-state index in [0.717, 1.165) is 50.4 Å². The van der Waals surface area contributed by atoms with E-state index in [-0.39, 0.29) is 5.41 Å². The highest BCUT2D eigenvalue weighted by atomic mass is 16.3. The molecule has 3 fully saturated rings. The van der Waals surface area contributed by atoms with Crippen LogP contribution in [-0.4, -0.2) is 16.5 Å². The van der Waals surface area contributed by atoms with Gasteiger partial charge in [0.05, 0.1) is 0 Å². The van der Waals surface area contributed by atoms with Crippen LogP contribution in [0.2, 0.25) is 0 Å². The molecule has 2 heteroatoms. The van der Waals surface area contributed by atoms with E-state index in [1.807, 2.05) is 13.0 Å². The van der Waals surface area contributed by atoms with Gasteiger partial charge in [-0.05, 0) is 81.6 Å². The summed E-state index contributed by atoms with van der Waals surface area (Å²) in [5, 5.41) is 11.2. The van der Waals surface area contributed by atoms with Gasteiger partial charge in [0.25, 0.3) is 0 Å². The summed E-state index contributed by atoms with van der Waals surface area (Å²) in [4.78, 5) is 11.7. The lowest BCUT2D eigenvalue weighted by Crippen LogP contribution is -2.52. The SMILES string of the molecule is CC#C[C@]1(O)CCC2C3CCC4=CC(=O)CCC4C3CCC21C. The summed E-state index contributed by atoms with van der Waals surface area (Å²) in [7, 11) is 0. The average Bonchev–Trinajstić information content (AvgIpc) is 2.79. The third-order valence-electron chi connectivity index (χ3n) is 7.78. The van der Waals surface area contributed by atoms with Crippen molar-refractivity contribution >= 4 is 5.78 Å². The summed E-state index contributed by atoms with van der Waals surface area (Å²) in [5.74, 6) is 9.19. The first-order chi connectivity index (χ1) is 11.0. The second kappa shape index (κ2) is 5.21. The number of fused-ring (bicyclic) bond motifs is 5. The third-order valence-corrected chi connectivity index (χ3v) is 7.78. The van der Waals surface area contributed by atoms with E-state index in [1.54, 1.807) is 0 Å². The molecule has 0 aliphatic heterocycles. The Morgan fingerprint density at radius 2 is 1.96 bits per heavy atom. The fourth-order valence-electron chi connectivity index (χ4n) is 6.61. The number of allylic oxidation sites excluding steroid dienone is 1. The minimum absolute atomic E-state index is 0.0388. The molecular weight excluding hydrogens is 284 g/mol. The highest BCUT2D eigenvalue weighted by Crippen LogP contribution is 2.64. The monoisotopic (exact) mass is 312 g/mol. The lowest BCUT2D eigenvalue weighted by Gasteiger charge is -2.54. The summed E-state index contributed by atoms with van der Waals surface area (Å²) in [5.41, 5.74) is 0.617. The Morgan fingerprint density at radius 1 is 1.13 bits per heavy atom. The molecule has 0 amide bonds. The number of aliphatic hydroxyl groups is 1. The maximum absolute atomic E-state index is 11.7. The summed E-state index contributed by atoms with van der Waals surface area (Å²) in [6.07, 6.45) is 10.3. The van der Waals surface area contributed by atoms with Crippen molar-refractivity contribution in [2.24, 2.45) is 29.1 Å². The molecular formula is C21H28O2. The van der Waals surface area contributed by atoms with E-state index in [4.69, 9.17) is 0 Å². The van der Waals surface area contributed by atoms with Crippen LogP contribution in [0, 0.1) is 40.9 Å². The van der Waals surface area contributed by atoms with Crippen molar-refractivity contribution in [2.45, 2.75) is 70.8 Å². The first-order valence-corrected chi connectivity index (χ1v) is 9.38. The smallest absolute Gasteiger partial charge is 0.155 e.